The Bertz CT molecular complexity index is 823. The topological polar surface area (TPSA) is 95.7 Å². The van der Waals surface area contributed by atoms with Gasteiger partial charge in [0.1, 0.15) is 0 Å². The molecule has 0 aromatic heterocycles. The minimum Gasteiger partial charge on any atom is -0.465 e. The lowest BCUT2D eigenvalue weighted by atomic mass is 9.93. The van der Waals surface area contributed by atoms with Gasteiger partial charge in [-0.05, 0) is 48.6 Å². The summed E-state index contributed by atoms with van der Waals surface area (Å²) in [7, 11) is 2.52. The molecule has 2 aromatic rings. The van der Waals surface area contributed by atoms with Crippen molar-refractivity contribution in [2.45, 2.75) is 33.6 Å². The Morgan fingerprint density at radius 2 is 1.36 bits per heavy atom. The summed E-state index contributed by atoms with van der Waals surface area (Å²) in [6.45, 7) is 6.08. The molecule has 1 amide bonds. The van der Waals surface area contributed by atoms with Crippen LogP contribution in [0.5, 0.6) is 0 Å². The Morgan fingerprint density at radius 1 is 0.857 bits per heavy atom. The minimum atomic E-state index is -0.550. The van der Waals surface area contributed by atoms with Crippen molar-refractivity contribution >= 4 is 17.8 Å². The molecule has 0 aliphatic carbocycles. The van der Waals surface area contributed by atoms with Crippen molar-refractivity contribution in [2.75, 3.05) is 14.2 Å². The van der Waals surface area contributed by atoms with Crippen LogP contribution in [-0.4, -0.2) is 32.1 Å². The highest BCUT2D eigenvalue weighted by Crippen LogP contribution is 2.20. The standard InChI is InChI=1S/C12H17NO.C10H10O4/c1-4-9-7-6-8(3)11(12(13)14)10(9)5-2;1-13-9(11)7-5-3-4-6-8(7)10(12)14-2/h6-7H,4-5H2,1-3H3,(H2,13,14);3-6H,1-2H3. The fourth-order valence-corrected chi connectivity index (χ4v) is 2.95. The predicted octanol–water partition coefficient (Wildman–Crippen LogP) is 3.48. The summed E-state index contributed by atoms with van der Waals surface area (Å²) >= 11 is 0. The molecule has 0 unspecified atom stereocenters. The van der Waals surface area contributed by atoms with Gasteiger partial charge in [-0.2, -0.15) is 0 Å². The number of aryl methyl sites for hydroxylation is 2. The van der Waals surface area contributed by atoms with E-state index in [1.54, 1.807) is 12.1 Å². The third kappa shape index (κ3) is 5.42. The number of ether oxygens (including phenoxy) is 2. The third-order valence-electron chi connectivity index (χ3n) is 4.34. The summed E-state index contributed by atoms with van der Waals surface area (Å²) in [6, 6.07) is 10.4. The lowest BCUT2D eigenvalue weighted by molar-refractivity contribution is 0.0555. The molecule has 0 aliphatic heterocycles. The Balaban J connectivity index is 0.000000280. The molecule has 0 saturated carbocycles. The van der Waals surface area contributed by atoms with Crippen LogP contribution in [0.1, 0.15) is 61.6 Å². The number of amides is 1. The maximum atomic E-state index is 11.3. The van der Waals surface area contributed by atoms with Crippen LogP contribution in [0.4, 0.5) is 0 Å². The van der Waals surface area contributed by atoms with Crippen LogP contribution in [0.2, 0.25) is 0 Å². The smallest absolute Gasteiger partial charge is 0.338 e. The van der Waals surface area contributed by atoms with Crippen molar-refractivity contribution < 1.29 is 23.9 Å². The van der Waals surface area contributed by atoms with Crippen molar-refractivity contribution in [3.8, 4) is 0 Å². The van der Waals surface area contributed by atoms with E-state index in [2.05, 4.69) is 29.4 Å². The van der Waals surface area contributed by atoms with E-state index in [4.69, 9.17) is 5.73 Å². The zero-order valence-corrected chi connectivity index (χ0v) is 17.0. The number of methoxy groups -OCH3 is 2. The van der Waals surface area contributed by atoms with Crippen molar-refractivity contribution in [3.05, 3.63) is 69.8 Å². The number of carbonyl (C=O) groups excluding carboxylic acids is 3. The SMILES string of the molecule is CCc1ccc(C)c(C(N)=O)c1CC.COC(=O)c1ccccc1C(=O)OC. The maximum absolute atomic E-state index is 11.3. The second-order valence-corrected chi connectivity index (χ2v) is 6.00. The molecule has 2 rings (SSSR count). The van der Waals surface area contributed by atoms with Crippen molar-refractivity contribution in [1.29, 1.82) is 0 Å². The van der Waals surface area contributed by atoms with E-state index in [1.807, 2.05) is 13.0 Å². The number of carbonyl (C=O) groups is 3. The first-order valence-electron chi connectivity index (χ1n) is 8.99. The van der Waals surface area contributed by atoms with Gasteiger partial charge in [0, 0.05) is 5.56 Å². The van der Waals surface area contributed by atoms with Crippen LogP contribution in [0.15, 0.2) is 36.4 Å². The lowest BCUT2D eigenvalue weighted by Crippen LogP contribution is -2.16. The zero-order chi connectivity index (χ0) is 21.3. The van der Waals surface area contributed by atoms with Crippen LogP contribution in [-0.2, 0) is 22.3 Å². The minimum absolute atomic E-state index is 0.210. The van der Waals surface area contributed by atoms with Gasteiger partial charge in [0.15, 0.2) is 0 Å². The Morgan fingerprint density at radius 3 is 1.71 bits per heavy atom. The normalized spacial score (nSPS) is 9.75. The fourth-order valence-electron chi connectivity index (χ4n) is 2.95. The van der Waals surface area contributed by atoms with Gasteiger partial charge in [-0.1, -0.05) is 38.1 Å². The number of nitrogens with two attached hydrogens (primary N) is 1. The first-order valence-corrected chi connectivity index (χ1v) is 8.99. The van der Waals surface area contributed by atoms with Gasteiger partial charge in [0.2, 0.25) is 5.91 Å². The molecule has 0 aliphatic rings. The summed E-state index contributed by atoms with van der Waals surface area (Å²) in [5, 5.41) is 0. The predicted molar refractivity (Wildman–Crippen MR) is 108 cm³/mol. The highest BCUT2D eigenvalue weighted by Gasteiger charge is 2.16. The average Bonchev–Trinajstić information content (AvgIpc) is 2.72. The molecule has 6 nitrogen and oxygen atoms in total. The van der Waals surface area contributed by atoms with Gasteiger partial charge in [0.05, 0.1) is 25.3 Å². The number of primary amides is 1. The molecule has 0 bridgehead atoms. The van der Waals surface area contributed by atoms with Crippen LogP contribution in [0, 0.1) is 6.92 Å². The fraction of sp³-hybridized carbons (Fsp3) is 0.318. The van der Waals surface area contributed by atoms with E-state index >= 15 is 0 Å². The number of hydrogen-bond donors (Lipinski definition) is 1. The molecule has 0 spiro atoms. The summed E-state index contributed by atoms with van der Waals surface area (Å²) in [4.78, 5) is 33.7. The number of esters is 2. The third-order valence-corrected chi connectivity index (χ3v) is 4.34. The molecule has 6 heteroatoms. The number of hydrogen-bond acceptors (Lipinski definition) is 5. The van der Waals surface area contributed by atoms with E-state index < -0.39 is 11.9 Å². The second kappa shape index (κ2) is 10.9. The van der Waals surface area contributed by atoms with Gasteiger partial charge in [-0.25, -0.2) is 9.59 Å². The van der Waals surface area contributed by atoms with Crippen LogP contribution in [0.25, 0.3) is 0 Å². The lowest BCUT2D eigenvalue weighted by Gasteiger charge is -2.12. The van der Waals surface area contributed by atoms with Crippen LogP contribution in [0.3, 0.4) is 0 Å². The average molecular weight is 385 g/mol. The molecule has 0 atom stereocenters. The second-order valence-electron chi connectivity index (χ2n) is 6.00. The van der Waals surface area contributed by atoms with Crippen molar-refractivity contribution in [2.24, 2.45) is 5.73 Å². The van der Waals surface area contributed by atoms with Crippen LogP contribution < -0.4 is 5.73 Å². The summed E-state index contributed by atoms with van der Waals surface area (Å²) in [5.41, 5.74) is 9.83. The monoisotopic (exact) mass is 385 g/mol. The number of rotatable bonds is 5. The maximum Gasteiger partial charge on any atom is 0.338 e. The van der Waals surface area contributed by atoms with Gasteiger partial charge in [-0.3, -0.25) is 4.79 Å². The van der Waals surface area contributed by atoms with E-state index in [0.717, 1.165) is 24.0 Å². The Hall–Kier alpha value is -3.15. The highest BCUT2D eigenvalue weighted by atomic mass is 16.5. The molecule has 2 N–H and O–H groups in total. The largest absolute Gasteiger partial charge is 0.465 e. The molecule has 150 valence electrons. The highest BCUT2D eigenvalue weighted by molar-refractivity contribution is 6.03. The number of benzene rings is 2. The summed E-state index contributed by atoms with van der Waals surface area (Å²) in [5.74, 6) is -1.41. The van der Waals surface area contributed by atoms with E-state index in [1.165, 1.54) is 31.9 Å². The zero-order valence-electron chi connectivity index (χ0n) is 17.0. The quantitative estimate of drug-likeness (QED) is 0.795. The first-order chi connectivity index (χ1) is 13.3. The van der Waals surface area contributed by atoms with Gasteiger partial charge in [-0.15, -0.1) is 0 Å². The first kappa shape index (κ1) is 22.9. The van der Waals surface area contributed by atoms with Gasteiger partial charge >= 0.3 is 11.9 Å². The van der Waals surface area contributed by atoms with Gasteiger partial charge in [0.25, 0.3) is 0 Å². The van der Waals surface area contributed by atoms with Crippen LogP contribution >= 0.6 is 0 Å². The Labute approximate surface area is 165 Å². The van der Waals surface area contributed by atoms with E-state index in [9.17, 15) is 14.4 Å². The van der Waals surface area contributed by atoms with Gasteiger partial charge < -0.3 is 15.2 Å². The molecular weight excluding hydrogens is 358 g/mol. The van der Waals surface area contributed by atoms with Crippen molar-refractivity contribution in [1.82, 2.24) is 0 Å². The van der Waals surface area contributed by atoms with Crippen molar-refractivity contribution in [3.63, 3.8) is 0 Å². The van der Waals surface area contributed by atoms with E-state index in [0.29, 0.717) is 5.56 Å². The Kier molecular flexibility index (Phi) is 8.88. The molecule has 28 heavy (non-hydrogen) atoms. The summed E-state index contributed by atoms with van der Waals surface area (Å²) in [6.07, 6.45) is 1.81. The molecule has 0 fully saturated rings. The van der Waals surface area contributed by atoms with E-state index in [-0.39, 0.29) is 17.0 Å². The summed E-state index contributed by atoms with van der Waals surface area (Å²) < 4.78 is 9.05. The molecule has 2 aromatic carbocycles. The molecule has 0 radical (unpaired) electrons. The molecule has 0 saturated heterocycles. The molecule has 0 heterocycles. The molecular formula is C22H27NO5.